The van der Waals surface area contributed by atoms with Crippen LogP contribution in [-0.2, 0) is 6.42 Å². The Bertz CT molecular complexity index is 634. The van der Waals surface area contributed by atoms with Gasteiger partial charge in [0.25, 0.3) is 5.91 Å². The first-order valence-electron chi connectivity index (χ1n) is 6.21. The number of likely N-dealkylation sites (N-methyl/N-ethyl adjacent to an activating group) is 1. The normalized spacial score (nSPS) is 9.80. The lowest BCUT2D eigenvalue weighted by molar-refractivity contribution is 0.0791. The summed E-state index contributed by atoms with van der Waals surface area (Å²) in [5.74, 6) is -0.189. The molecule has 0 fully saturated rings. The second kappa shape index (κ2) is 6.43. The molecule has 0 saturated carbocycles. The zero-order valence-corrected chi connectivity index (χ0v) is 11.2. The van der Waals surface area contributed by atoms with E-state index in [0.29, 0.717) is 12.1 Å². The van der Waals surface area contributed by atoms with Crippen molar-refractivity contribution in [1.82, 2.24) is 14.9 Å². The quantitative estimate of drug-likeness (QED) is 0.844. The Balaban J connectivity index is 2.00. The Kier molecular flexibility index (Phi) is 4.40. The van der Waals surface area contributed by atoms with Crippen LogP contribution >= 0.6 is 0 Å². The maximum Gasteiger partial charge on any atom is 0.272 e. The largest absolute Gasteiger partial charge is 0.340 e. The minimum Gasteiger partial charge on any atom is -0.340 e. The van der Waals surface area contributed by atoms with E-state index in [1.54, 1.807) is 30.4 Å². The van der Waals surface area contributed by atoms with Crippen LogP contribution in [0, 0.1) is 11.3 Å². The van der Waals surface area contributed by atoms with Gasteiger partial charge in [0.15, 0.2) is 0 Å². The van der Waals surface area contributed by atoms with E-state index < -0.39 is 0 Å². The average Bonchev–Trinajstić information content (AvgIpc) is 2.53. The van der Waals surface area contributed by atoms with Crippen LogP contribution in [0.1, 0.15) is 21.6 Å². The summed E-state index contributed by atoms with van der Waals surface area (Å²) >= 11 is 0. The van der Waals surface area contributed by atoms with Crippen LogP contribution in [0.4, 0.5) is 0 Å². The fourth-order valence-electron chi connectivity index (χ4n) is 1.76. The number of nitrogens with zero attached hydrogens (tertiary/aromatic N) is 4. The minimum absolute atomic E-state index is 0.189. The molecule has 0 radical (unpaired) electrons. The summed E-state index contributed by atoms with van der Waals surface area (Å²) in [6.45, 7) is 0.572. The standard InChI is InChI=1S/C15H14N4O/c1-19(8-5-12-3-2-6-17-11-12)15(20)14-9-13(10-16)4-7-18-14/h2-4,6-7,9,11H,5,8H2,1H3. The zero-order valence-electron chi connectivity index (χ0n) is 11.2. The number of hydrogen-bond acceptors (Lipinski definition) is 4. The van der Waals surface area contributed by atoms with Gasteiger partial charge in [-0.25, -0.2) is 0 Å². The summed E-state index contributed by atoms with van der Waals surface area (Å²) in [5, 5.41) is 8.82. The van der Waals surface area contributed by atoms with Crippen LogP contribution in [0.25, 0.3) is 0 Å². The van der Waals surface area contributed by atoms with E-state index in [4.69, 9.17) is 5.26 Å². The van der Waals surface area contributed by atoms with Gasteiger partial charge in [-0.3, -0.25) is 14.8 Å². The van der Waals surface area contributed by atoms with Gasteiger partial charge in [0, 0.05) is 32.2 Å². The molecule has 5 heteroatoms. The molecule has 20 heavy (non-hydrogen) atoms. The number of amides is 1. The van der Waals surface area contributed by atoms with E-state index in [9.17, 15) is 4.79 Å². The lowest BCUT2D eigenvalue weighted by Crippen LogP contribution is -2.29. The third kappa shape index (κ3) is 3.39. The second-order valence-corrected chi connectivity index (χ2v) is 4.38. The summed E-state index contributed by atoms with van der Waals surface area (Å²) in [6.07, 6.45) is 5.71. The predicted octanol–water partition coefficient (Wildman–Crippen LogP) is 1.66. The molecule has 5 nitrogen and oxygen atoms in total. The number of aromatic nitrogens is 2. The fraction of sp³-hybridized carbons (Fsp3) is 0.200. The summed E-state index contributed by atoms with van der Waals surface area (Å²) in [6, 6.07) is 8.92. The molecule has 0 N–H and O–H groups in total. The Morgan fingerprint density at radius 3 is 2.95 bits per heavy atom. The van der Waals surface area contributed by atoms with Crippen molar-refractivity contribution in [1.29, 1.82) is 5.26 Å². The third-order valence-electron chi connectivity index (χ3n) is 2.91. The van der Waals surface area contributed by atoms with Gasteiger partial charge < -0.3 is 4.90 Å². The number of rotatable bonds is 4. The van der Waals surface area contributed by atoms with E-state index in [2.05, 4.69) is 9.97 Å². The minimum atomic E-state index is -0.189. The fourth-order valence-corrected chi connectivity index (χ4v) is 1.76. The van der Waals surface area contributed by atoms with Crippen molar-refractivity contribution in [2.45, 2.75) is 6.42 Å². The molecular weight excluding hydrogens is 252 g/mol. The van der Waals surface area contributed by atoms with Gasteiger partial charge in [0.05, 0.1) is 11.6 Å². The van der Waals surface area contributed by atoms with Crippen LogP contribution in [0.5, 0.6) is 0 Å². The Morgan fingerprint density at radius 1 is 1.40 bits per heavy atom. The summed E-state index contributed by atoms with van der Waals surface area (Å²) < 4.78 is 0. The number of nitriles is 1. The van der Waals surface area contributed by atoms with Crippen molar-refractivity contribution in [2.75, 3.05) is 13.6 Å². The van der Waals surface area contributed by atoms with Gasteiger partial charge >= 0.3 is 0 Å². The Labute approximate surface area is 117 Å². The summed E-state index contributed by atoms with van der Waals surface area (Å²) in [5.41, 5.74) is 1.80. The van der Waals surface area contributed by atoms with Crippen molar-refractivity contribution in [2.24, 2.45) is 0 Å². The van der Waals surface area contributed by atoms with Crippen molar-refractivity contribution >= 4 is 5.91 Å². The van der Waals surface area contributed by atoms with Crippen LogP contribution in [-0.4, -0.2) is 34.4 Å². The molecule has 0 aliphatic carbocycles. The van der Waals surface area contributed by atoms with Gasteiger partial charge in [0.1, 0.15) is 5.69 Å². The van der Waals surface area contributed by atoms with Crippen LogP contribution in [0.2, 0.25) is 0 Å². The highest BCUT2D eigenvalue weighted by atomic mass is 16.2. The first kappa shape index (κ1) is 13.7. The molecule has 0 aromatic carbocycles. The van der Waals surface area contributed by atoms with Crippen molar-refractivity contribution in [3.05, 3.63) is 59.7 Å². The first-order chi connectivity index (χ1) is 9.70. The Morgan fingerprint density at radius 2 is 2.25 bits per heavy atom. The number of carbonyl (C=O) groups is 1. The van der Waals surface area contributed by atoms with Crippen LogP contribution in [0.15, 0.2) is 42.9 Å². The SMILES string of the molecule is CN(CCc1cccnc1)C(=O)c1cc(C#N)ccn1. The van der Waals surface area contributed by atoms with E-state index in [1.165, 1.54) is 12.3 Å². The van der Waals surface area contributed by atoms with Gasteiger partial charge in [-0.2, -0.15) is 5.26 Å². The van der Waals surface area contributed by atoms with Gasteiger partial charge in [0.2, 0.25) is 0 Å². The highest BCUT2D eigenvalue weighted by Crippen LogP contribution is 2.05. The number of hydrogen-bond donors (Lipinski definition) is 0. The summed E-state index contributed by atoms with van der Waals surface area (Å²) in [7, 11) is 1.72. The molecule has 2 aromatic heterocycles. The molecule has 0 bridgehead atoms. The highest BCUT2D eigenvalue weighted by molar-refractivity contribution is 5.92. The monoisotopic (exact) mass is 266 g/mol. The zero-order chi connectivity index (χ0) is 14.4. The lowest BCUT2D eigenvalue weighted by atomic mass is 10.2. The summed E-state index contributed by atoms with van der Waals surface area (Å²) in [4.78, 5) is 21.8. The molecule has 0 atom stereocenters. The Hall–Kier alpha value is -2.74. The highest BCUT2D eigenvalue weighted by Gasteiger charge is 2.13. The lowest BCUT2D eigenvalue weighted by Gasteiger charge is -2.16. The molecule has 0 spiro atoms. The molecule has 2 heterocycles. The van der Waals surface area contributed by atoms with Crippen molar-refractivity contribution < 1.29 is 4.79 Å². The van der Waals surface area contributed by atoms with Crippen LogP contribution < -0.4 is 0 Å². The van der Waals surface area contributed by atoms with Gasteiger partial charge in [-0.1, -0.05) is 6.07 Å². The number of pyridine rings is 2. The molecule has 100 valence electrons. The third-order valence-corrected chi connectivity index (χ3v) is 2.91. The van der Waals surface area contributed by atoms with Crippen molar-refractivity contribution in [3.8, 4) is 6.07 Å². The van der Waals surface area contributed by atoms with Gasteiger partial charge in [-0.05, 0) is 30.2 Å². The molecule has 0 saturated heterocycles. The van der Waals surface area contributed by atoms with E-state index in [-0.39, 0.29) is 11.6 Å². The number of carbonyl (C=O) groups excluding carboxylic acids is 1. The molecule has 1 amide bonds. The topological polar surface area (TPSA) is 69.9 Å². The van der Waals surface area contributed by atoms with E-state index >= 15 is 0 Å². The van der Waals surface area contributed by atoms with E-state index in [0.717, 1.165) is 12.0 Å². The molecule has 2 aromatic rings. The average molecular weight is 266 g/mol. The smallest absolute Gasteiger partial charge is 0.272 e. The molecule has 0 aliphatic rings. The molecule has 0 aliphatic heterocycles. The molecule has 2 rings (SSSR count). The van der Waals surface area contributed by atoms with Crippen molar-refractivity contribution in [3.63, 3.8) is 0 Å². The predicted molar refractivity (Wildman–Crippen MR) is 73.9 cm³/mol. The maximum atomic E-state index is 12.2. The van der Waals surface area contributed by atoms with E-state index in [1.807, 2.05) is 18.2 Å². The molecular formula is C15H14N4O. The van der Waals surface area contributed by atoms with Gasteiger partial charge in [-0.15, -0.1) is 0 Å². The molecule has 0 unspecified atom stereocenters. The second-order valence-electron chi connectivity index (χ2n) is 4.38. The first-order valence-corrected chi connectivity index (χ1v) is 6.21. The maximum absolute atomic E-state index is 12.2. The van der Waals surface area contributed by atoms with Crippen LogP contribution in [0.3, 0.4) is 0 Å².